The van der Waals surface area contributed by atoms with Crippen LogP contribution in [0.25, 0.3) is 0 Å². The summed E-state index contributed by atoms with van der Waals surface area (Å²) in [6.07, 6.45) is 9.20. The van der Waals surface area contributed by atoms with Crippen LogP contribution in [-0.2, 0) is 10.2 Å². The van der Waals surface area contributed by atoms with Crippen molar-refractivity contribution in [2.45, 2.75) is 63.7 Å². The van der Waals surface area contributed by atoms with E-state index in [0.29, 0.717) is 12.3 Å². The molecule has 1 aromatic rings. The van der Waals surface area contributed by atoms with E-state index in [2.05, 4.69) is 41.8 Å². The van der Waals surface area contributed by atoms with E-state index in [1.807, 2.05) is 0 Å². The number of rotatable bonds is 6. The predicted octanol–water partition coefficient (Wildman–Crippen LogP) is 4.12. The molecule has 0 aromatic heterocycles. The van der Waals surface area contributed by atoms with Gasteiger partial charge in [-0.25, -0.2) is 0 Å². The van der Waals surface area contributed by atoms with Gasteiger partial charge in [-0.2, -0.15) is 0 Å². The van der Waals surface area contributed by atoms with E-state index in [4.69, 9.17) is 0 Å². The van der Waals surface area contributed by atoms with Crippen LogP contribution in [0.2, 0.25) is 0 Å². The van der Waals surface area contributed by atoms with E-state index in [9.17, 15) is 4.79 Å². The molecule has 0 radical (unpaired) electrons. The molecule has 1 saturated carbocycles. The highest BCUT2D eigenvalue weighted by Gasteiger charge is 2.34. The van der Waals surface area contributed by atoms with Crippen molar-refractivity contribution in [1.29, 1.82) is 0 Å². The molecule has 4 heteroatoms. The number of hydrogen-bond donors (Lipinski definition) is 2. The SMILES string of the molecule is Cc1cccc(C2(CNC(=O)CCC3CCNC3)CCCCC2)c1.Cl. The third kappa shape index (κ3) is 5.46. The molecule has 1 aliphatic heterocycles. The van der Waals surface area contributed by atoms with Crippen LogP contribution in [0.5, 0.6) is 0 Å². The van der Waals surface area contributed by atoms with Gasteiger partial charge in [0.05, 0.1) is 0 Å². The monoisotopic (exact) mass is 364 g/mol. The number of benzene rings is 1. The van der Waals surface area contributed by atoms with Crippen LogP contribution in [0.15, 0.2) is 24.3 Å². The summed E-state index contributed by atoms with van der Waals surface area (Å²) in [5.74, 6) is 0.927. The first-order chi connectivity index (χ1) is 11.7. The molecule has 25 heavy (non-hydrogen) atoms. The minimum atomic E-state index is 0. The Hall–Kier alpha value is -1.06. The Labute approximate surface area is 158 Å². The van der Waals surface area contributed by atoms with E-state index in [0.717, 1.165) is 26.1 Å². The maximum Gasteiger partial charge on any atom is 0.220 e. The molecule has 1 unspecified atom stereocenters. The third-order valence-electron chi connectivity index (χ3n) is 6.01. The van der Waals surface area contributed by atoms with Crippen molar-refractivity contribution >= 4 is 18.3 Å². The molecule has 1 heterocycles. The average Bonchev–Trinajstić information content (AvgIpc) is 3.12. The van der Waals surface area contributed by atoms with Crippen LogP contribution in [-0.4, -0.2) is 25.5 Å². The van der Waals surface area contributed by atoms with Gasteiger partial charge in [-0.1, -0.05) is 49.1 Å². The molecular formula is C21H33ClN2O. The molecule has 3 rings (SSSR count). The Morgan fingerprint density at radius 3 is 2.76 bits per heavy atom. The van der Waals surface area contributed by atoms with Gasteiger partial charge in [0.15, 0.2) is 0 Å². The van der Waals surface area contributed by atoms with Crippen LogP contribution in [0.1, 0.15) is 62.5 Å². The summed E-state index contributed by atoms with van der Waals surface area (Å²) < 4.78 is 0. The van der Waals surface area contributed by atoms with Crippen molar-refractivity contribution in [3.05, 3.63) is 35.4 Å². The fourth-order valence-corrected chi connectivity index (χ4v) is 4.42. The zero-order chi connectivity index (χ0) is 16.8. The summed E-state index contributed by atoms with van der Waals surface area (Å²) in [4.78, 5) is 12.4. The lowest BCUT2D eigenvalue weighted by Gasteiger charge is -2.38. The standard InChI is InChI=1S/C21H32N2O.ClH/c1-17-6-5-7-19(14-17)21(11-3-2-4-12-21)16-23-20(24)9-8-18-10-13-22-15-18;/h5-7,14,18,22H,2-4,8-13,15-16H2,1H3,(H,23,24);1H. The Kier molecular flexibility index (Phi) is 7.77. The minimum Gasteiger partial charge on any atom is -0.355 e. The second-order valence-electron chi connectivity index (χ2n) is 7.88. The van der Waals surface area contributed by atoms with Crippen molar-refractivity contribution in [3.63, 3.8) is 0 Å². The van der Waals surface area contributed by atoms with Crippen LogP contribution in [0.3, 0.4) is 0 Å². The maximum atomic E-state index is 12.4. The van der Waals surface area contributed by atoms with Crippen molar-refractivity contribution < 1.29 is 4.79 Å². The minimum absolute atomic E-state index is 0. The van der Waals surface area contributed by atoms with E-state index in [-0.39, 0.29) is 23.7 Å². The highest BCUT2D eigenvalue weighted by molar-refractivity contribution is 5.85. The second kappa shape index (κ2) is 9.59. The molecular weight excluding hydrogens is 332 g/mol. The zero-order valence-electron chi connectivity index (χ0n) is 15.5. The van der Waals surface area contributed by atoms with E-state index in [1.54, 1.807) is 0 Å². The summed E-state index contributed by atoms with van der Waals surface area (Å²) in [7, 11) is 0. The number of hydrogen-bond acceptors (Lipinski definition) is 2. The van der Waals surface area contributed by atoms with Crippen molar-refractivity contribution in [2.75, 3.05) is 19.6 Å². The van der Waals surface area contributed by atoms with Gasteiger partial charge < -0.3 is 10.6 Å². The lowest BCUT2D eigenvalue weighted by atomic mass is 9.69. The summed E-state index contributed by atoms with van der Waals surface area (Å²) in [5, 5.41) is 6.66. The first kappa shape index (κ1) is 20.3. The summed E-state index contributed by atoms with van der Waals surface area (Å²) in [6, 6.07) is 8.90. The van der Waals surface area contributed by atoms with Gasteiger partial charge in [0.2, 0.25) is 5.91 Å². The fourth-order valence-electron chi connectivity index (χ4n) is 4.42. The summed E-state index contributed by atoms with van der Waals surface area (Å²) >= 11 is 0. The smallest absolute Gasteiger partial charge is 0.220 e. The van der Waals surface area contributed by atoms with Gasteiger partial charge in [-0.05, 0) is 57.2 Å². The lowest BCUT2D eigenvalue weighted by molar-refractivity contribution is -0.121. The molecule has 3 nitrogen and oxygen atoms in total. The number of carbonyl (C=O) groups excluding carboxylic acids is 1. The quantitative estimate of drug-likeness (QED) is 0.797. The van der Waals surface area contributed by atoms with Crippen molar-refractivity contribution in [3.8, 4) is 0 Å². The van der Waals surface area contributed by atoms with Crippen LogP contribution >= 0.6 is 12.4 Å². The Bertz CT molecular complexity index is 549. The van der Waals surface area contributed by atoms with Gasteiger partial charge in [0.25, 0.3) is 0 Å². The molecule has 0 bridgehead atoms. The number of carbonyl (C=O) groups is 1. The normalized spacial score (nSPS) is 22.2. The second-order valence-corrected chi connectivity index (χ2v) is 7.88. The van der Waals surface area contributed by atoms with E-state index in [1.165, 1.54) is 49.7 Å². The molecule has 2 N–H and O–H groups in total. The molecule has 2 aliphatic rings. The van der Waals surface area contributed by atoms with Crippen LogP contribution in [0, 0.1) is 12.8 Å². The Morgan fingerprint density at radius 2 is 2.08 bits per heavy atom. The highest BCUT2D eigenvalue weighted by atomic mass is 35.5. The zero-order valence-corrected chi connectivity index (χ0v) is 16.3. The van der Waals surface area contributed by atoms with Gasteiger partial charge in [-0.3, -0.25) is 4.79 Å². The fraction of sp³-hybridized carbons (Fsp3) is 0.667. The molecule has 1 aliphatic carbocycles. The molecule has 1 amide bonds. The van der Waals surface area contributed by atoms with Crippen LogP contribution < -0.4 is 10.6 Å². The first-order valence-electron chi connectivity index (χ1n) is 9.73. The van der Waals surface area contributed by atoms with Gasteiger partial charge in [-0.15, -0.1) is 12.4 Å². The van der Waals surface area contributed by atoms with E-state index < -0.39 is 0 Å². The topological polar surface area (TPSA) is 41.1 Å². The third-order valence-corrected chi connectivity index (χ3v) is 6.01. The molecule has 140 valence electrons. The average molecular weight is 365 g/mol. The van der Waals surface area contributed by atoms with E-state index >= 15 is 0 Å². The number of nitrogens with one attached hydrogen (secondary N) is 2. The van der Waals surface area contributed by atoms with Gasteiger partial charge in [0, 0.05) is 18.4 Å². The number of halogens is 1. The molecule has 1 aromatic carbocycles. The number of amides is 1. The Morgan fingerprint density at radius 1 is 1.28 bits per heavy atom. The molecule has 1 atom stereocenters. The summed E-state index contributed by atoms with van der Waals surface area (Å²) in [5.41, 5.74) is 2.88. The highest BCUT2D eigenvalue weighted by Crippen LogP contribution is 2.39. The molecule has 0 spiro atoms. The van der Waals surface area contributed by atoms with Crippen molar-refractivity contribution in [2.24, 2.45) is 5.92 Å². The molecule has 2 fully saturated rings. The van der Waals surface area contributed by atoms with Gasteiger partial charge >= 0.3 is 0 Å². The summed E-state index contributed by atoms with van der Waals surface area (Å²) in [6.45, 7) is 5.16. The number of aryl methyl sites for hydroxylation is 1. The van der Waals surface area contributed by atoms with Crippen molar-refractivity contribution in [1.82, 2.24) is 10.6 Å². The molecule has 1 saturated heterocycles. The Balaban J connectivity index is 0.00000225. The van der Waals surface area contributed by atoms with Crippen LogP contribution in [0.4, 0.5) is 0 Å². The lowest BCUT2D eigenvalue weighted by Crippen LogP contribution is -2.42. The predicted molar refractivity (Wildman–Crippen MR) is 106 cm³/mol. The van der Waals surface area contributed by atoms with Gasteiger partial charge in [0.1, 0.15) is 0 Å². The largest absolute Gasteiger partial charge is 0.355 e. The maximum absolute atomic E-state index is 12.4. The first-order valence-corrected chi connectivity index (χ1v) is 9.73.